The van der Waals surface area contributed by atoms with E-state index in [0.717, 1.165) is 24.3 Å². The van der Waals surface area contributed by atoms with Gasteiger partial charge in [0.2, 0.25) is 0 Å². The standard InChI is InChI=1S/C15H19ClO/c1-10(2)14-8-5-12(15(14)17)9-11-3-6-13(16)7-4-11/h3-4,6-7,10,12,14H,5,8-9H2,1-2H3. The molecule has 2 heteroatoms. The van der Waals surface area contributed by atoms with Crippen molar-refractivity contribution in [3.8, 4) is 0 Å². The summed E-state index contributed by atoms with van der Waals surface area (Å²) >= 11 is 5.85. The summed E-state index contributed by atoms with van der Waals surface area (Å²) in [6, 6.07) is 7.85. The predicted octanol–water partition coefficient (Wildman–Crippen LogP) is 4.13. The van der Waals surface area contributed by atoms with Crippen molar-refractivity contribution in [2.75, 3.05) is 0 Å². The van der Waals surface area contributed by atoms with Gasteiger partial charge in [-0.05, 0) is 42.9 Å². The number of ketones is 1. The minimum absolute atomic E-state index is 0.226. The van der Waals surface area contributed by atoms with Gasteiger partial charge in [-0.2, -0.15) is 0 Å². The van der Waals surface area contributed by atoms with Crippen LogP contribution in [0.4, 0.5) is 0 Å². The molecule has 0 bridgehead atoms. The highest BCUT2D eigenvalue weighted by atomic mass is 35.5. The molecule has 92 valence electrons. The third kappa shape index (κ3) is 2.90. The summed E-state index contributed by atoms with van der Waals surface area (Å²) in [5.74, 6) is 1.46. The third-order valence-corrected chi connectivity index (χ3v) is 4.05. The normalized spacial score (nSPS) is 24.6. The Morgan fingerprint density at radius 2 is 1.88 bits per heavy atom. The number of benzene rings is 1. The van der Waals surface area contributed by atoms with Crippen LogP contribution in [0.15, 0.2) is 24.3 Å². The fourth-order valence-electron chi connectivity index (χ4n) is 2.74. The van der Waals surface area contributed by atoms with Crippen molar-refractivity contribution in [3.05, 3.63) is 34.9 Å². The number of halogens is 1. The summed E-state index contributed by atoms with van der Waals surface area (Å²) in [5, 5.41) is 0.756. The molecule has 2 atom stereocenters. The molecule has 2 unspecified atom stereocenters. The highest BCUT2D eigenvalue weighted by Crippen LogP contribution is 2.34. The quantitative estimate of drug-likeness (QED) is 0.788. The van der Waals surface area contributed by atoms with Crippen LogP contribution in [0.5, 0.6) is 0 Å². The zero-order valence-corrected chi connectivity index (χ0v) is 11.2. The van der Waals surface area contributed by atoms with Crippen LogP contribution in [-0.2, 0) is 11.2 Å². The maximum atomic E-state index is 12.2. The Hall–Kier alpha value is -0.820. The molecule has 0 N–H and O–H groups in total. The van der Waals surface area contributed by atoms with Crippen LogP contribution in [-0.4, -0.2) is 5.78 Å². The molecule has 1 aromatic carbocycles. The van der Waals surface area contributed by atoms with Crippen LogP contribution in [0, 0.1) is 17.8 Å². The average molecular weight is 251 g/mol. The van der Waals surface area contributed by atoms with E-state index in [1.165, 1.54) is 5.56 Å². The van der Waals surface area contributed by atoms with Crippen LogP contribution in [0.25, 0.3) is 0 Å². The minimum Gasteiger partial charge on any atom is -0.299 e. The smallest absolute Gasteiger partial charge is 0.139 e. The van der Waals surface area contributed by atoms with E-state index < -0.39 is 0 Å². The van der Waals surface area contributed by atoms with Crippen molar-refractivity contribution in [2.24, 2.45) is 17.8 Å². The molecule has 1 saturated carbocycles. The van der Waals surface area contributed by atoms with Gasteiger partial charge in [0.15, 0.2) is 0 Å². The van der Waals surface area contributed by atoms with Crippen molar-refractivity contribution in [2.45, 2.75) is 33.1 Å². The topological polar surface area (TPSA) is 17.1 Å². The van der Waals surface area contributed by atoms with E-state index in [2.05, 4.69) is 13.8 Å². The third-order valence-electron chi connectivity index (χ3n) is 3.79. The van der Waals surface area contributed by atoms with E-state index >= 15 is 0 Å². The lowest BCUT2D eigenvalue weighted by molar-refractivity contribution is -0.124. The second-order valence-corrected chi connectivity index (χ2v) is 5.79. The van der Waals surface area contributed by atoms with Gasteiger partial charge in [0.05, 0.1) is 0 Å². The van der Waals surface area contributed by atoms with Gasteiger partial charge in [-0.1, -0.05) is 37.6 Å². The fraction of sp³-hybridized carbons (Fsp3) is 0.533. The summed E-state index contributed by atoms with van der Waals surface area (Å²) in [5.41, 5.74) is 1.22. The van der Waals surface area contributed by atoms with E-state index in [0.29, 0.717) is 11.7 Å². The summed E-state index contributed by atoms with van der Waals surface area (Å²) < 4.78 is 0. The van der Waals surface area contributed by atoms with Crippen molar-refractivity contribution in [1.82, 2.24) is 0 Å². The average Bonchev–Trinajstić information content (AvgIpc) is 2.64. The first-order valence-corrected chi connectivity index (χ1v) is 6.74. The molecule has 0 heterocycles. The maximum Gasteiger partial charge on any atom is 0.139 e. The van der Waals surface area contributed by atoms with Gasteiger partial charge in [0.1, 0.15) is 5.78 Å². The molecule has 0 spiro atoms. The Labute approximate surface area is 108 Å². The first-order chi connectivity index (χ1) is 8.08. The van der Waals surface area contributed by atoms with E-state index in [1.807, 2.05) is 24.3 Å². The predicted molar refractivity (Wildman–Crippen MR) is 71.2 cm³/mol. The molecule has 0 aromatic heterocycles. The van der Waals surface area contributed by atoms with Crippen LogP contribution < -0.4 is 0 Å². The Morgan fingerprint density at radius 3 is 2.41 bits per heavy atom. The van der Waals surface area contributed by atoms with E-state index in [-0.39, 0.29) is 11.8 Å². The van der Waals surface area contributed by atoms with Crippen molar-refractivity contribution in [3.63, 3.8) is 0 Å². The van der Waals surface area contributed by atoms with E-state index in [4.69, 9.17) is 11.6 Å². The second kappa shape index (κ2) is 5.22. The number of hydrogen-bond acceptors (Lipinski definition) is 1. The molecule has 2 rings (SSSR count). The van der Waals surface area contributed by atoms with Crippen molar-refractivity contribution in [1.29, 1.82) is 0 Å². The summed E-state index contributed by atoms with van der Waals surface area (Å²) in [7, 11) is 0. The largest absolute Gasteiger partial charge is 0.299 e. The zero-order valence-electron chi connectivity index (χ0n) is 10.4. The fourth-order valence-corrected chi connectivity index (χ4v) is 2.86. The number of Topliss-reactive ketones (excluding diaryl/α,β-unsaturated/α-hetero) is 1. The van der Waals surface area contributed by atoms with Gasteiger partial charge in [-0.25, -0.2) is 0 Å². The summed E-state index contributed by atoms with van der Waals surface area (Å²) in [4.78, 5) is 12.2. The lowest BCUT2D eigenvalue weighted by Crippen LogP contribution is -2.19. The van der Waals surface area contributed by atoms with Crippen LogP contribution in [0.3, 0.4) is 0 Å². The maximum absolute atomic E-state index is 12.2. The lowest BCUT2D eigenvalue weighted by atomic mass is 9.90. The van der Waals surface area contributed by atoms with Gasteiger partial charge in [-0.15, -0.1) is 0 Å². The highest BCUT2D eigenvalue weighted by molar-refractivity contribution is 6.30. The molecule has 1 aliphatic carbocycles. The molecule has 0 amide bonds. The molecule has 1 fully saturated rings. The minimum atomic E-state index is 0.226. The molecular weight excluding hydrogens is 232 g/mol. The highest BCUT2D eigenvalue weighted by Gasteiger charge is 2.35. The van der Waals surface area contributed by atoms with Gasteiger partial charge in [-0.3, -0.25) is 4.79 Å². The van der Waals surface area contributed by atoms with Crippen LogP contribution in [0.1, 0.15) is 32.3 Å². The van der Waals surface area contributed by atoms with Gasteiger partial charge in [0, 0.05) is 16.9 Å². The lowest BCUT2D eigenvalue weighted by Gasteiger charge is -2.13. The van der Waals surface area contributed by atoms with Crippen molar-refractivity contribution < 1.29 is 4.79 Å². The molecule has 1 aliphatic rings. The molecule has 1 nitrogen and oxygen atoms in total. The Bertz CT molecular complexity index is 394. The molecule has 1 aromatic rings. The first kappa shape index (κ1) is 12.6. The van der Waals surface area contributed by atoms with Gasteiger partial charge in [0.25, 0.3) is 0 Å². The monoisotopic (exact) mass is 250 g/mol. The number of carbonyl (C=O) groups excluding carboxylic acids is 1. The van der Waals surface area contributed by atoms with E-state index in [1.54, 1.807) is 0 Å². The SMILES string of the molecule is CC(C)C1CCC(Cc2ccc(Cl)cc2)C1=O. The van der Waals surface area contributed by atoms with Gasteiger partial charge < -0.3 is 0 Å². The van der Waals surface area contributed by atoms with Crippen LogP contribution >= 0.6 is 11.6 Å². The Kier molecular flexibility index (Phi) is 3.88. The molecule has 0 radical (unpaired) electrons. The molecule has 17 heavy (non-hydrogen) atoms. The number of hydrogen-bond donors (Lipinski definition) is 0. The van der Waals surface area contributed by atoms with Crippen molar-refractivity contribution >= 4 is 17.4 Å². The van der Waals surface area contributed by atoms with E-state index in [9.17, 15) is 4.79 Å². The van der Waals surface area contributed by atoms with Gasteiger partial charge >= 0.3 is 0 Å². The number of rotatable bonds is 3. The zero-order chi connectivity index (χ0) is 12.4. The Balaban J connectivity index is 2.01. The molecule has 0 saturated heterocycles. The van der Waals surface area contributed by atoms with Crippen LogP contribution in [0.2, 0.25) is 5.02 Å². The molecule has 0 aliphatic heterocycles. The summed E-state index contributed by atoms with van der Waals surface area (Å²) in [6.07, 6.45) is 2.98. The first-order valence-electron chi connectivity index (χ1n) is 6.36. The second-order valence-electron chi connectivity index (χ2n) is 5.36. The number of carbonyl (C=O) groups is 1. The summed E-state index contributed by atoms with van der Waals surface area (Å²) in [6.45, 7) is 4.29. The Morgan fingerprint density at radius 1 is 1.24 bits per heavy atom. The molecular formula is C15H19ClO.